The van der Waals surface area contributed by atoms with Crippen molar-refractivity contribution in [3.8, 4) is 0 Å². The lowest BCUT2D eigenvalue weighted by molar-refractivity contribution is 0.406. The Balaban J connectivity index is 2.77. The van der Waals surface area contributed by atoms with Crippen molar-refractivity contribution in [1.29, 1.82) is 0 Å². The maximum Gasteiger partial charge on any atom is 0.0429 e. The van der Waals surface area contributed by atoms with Gasteiger partial charge in [-0.25, -0.2) is 0 Å². The van der Waals surface area contributed by atoms with E-state index in [1.165, 1.54) is 0 Å². The Labute approximate surface area is 73.8 Å². The molecule has 0 unspecified atom stereocenters. The Morgan fingerprint density at radius 1 is 1.42 bits per heavy atom. The first-order chi connectivity index (χ1) is 5.47. The maximum absolute atomic E-state index is 5.64. The van der Waals surface area contributed by atoms with Crippen LogP contribution in [0.2, 0.25) is 0 Å². The first-order valence-electron chi connectivity index (χ1n) is 4.18. The monoisotopic (exact) mass is 164 g/mol. The van der Waals surface area contributed by atoms with E-state index in [1.54, 1.807) is 6.20 Å². The van der Waals surface area contributed by atoms with Gasteiger partial charge in [0, 0.05) is 17.6 Å². The Morgan fingerprint density at radius 2 is 2.08 bits per heavy atom. The molecule has 0 amide bonds. The Hall–Kier alpha value is -1.05. The van der Waals surface area contributed by atoms with Gasteiger partial charge in [0.15, 0.2) is 0 Å². The molecule has 1 heterocycles. The highest BCUT2D eigenvalue weighted by molar-refractivity contribution is 5.37. The van der Waals surface area contributed by atoms with Crippen LogP contribution in [0, 0.1) is 5.41 Å². The minimum Gasteiger partial charge on any atom is -0.399 e. The summed E-state index contributed by atoms with van der Waals surface area (Å²) < 4.78 is 0. The summed E-state index contributed by atoms with van der Waals surface area (Å²) in [6, 6.07) is 3.75. The van der Waals surface area contributed by atoms with Crippen LogP contribution in [0.1, 0.15) is 26.5 Å². The Bertz CT molecular complexity index is 261. The van der Waals surface area contributed by atoms with Crippen LogP contribution >= 0.6 is 0 Å². The summed E-state index contributed by atoms with van der Waals surface area (Å²) in [6.07, 6.45) is 2.73. The molecule has 0 spiro atoms. The van der Waals surface area contributed by atoms with E-state index in [0.717, 1.165) is 17.8 Å². The number of aromatic nitrogens is 1. The number of hydrogen-bond donors (Lipinski definition) is 1. The fourth-order valence-electron chi connectivity index (χ4n) is 1.14. The molecule has 12 heavy (non-hydrogen) atoms. The molecule has 0 aliphatic rings. The summed E-state index contributed by atoms with van der Waals surface area (Å²) in [7, 11) is 0. The third kappa shape index (κ3) is 2.91. The molecule has 0 aliphatic carbocycles. The normalized spacial score (nSPS) is 11.6. The van der Waals surface area contributed by atoms with Crippen LogP contribution in [0.25, 0.3) is 0 Å². The van der Waals surface area contributed by atoms with Gasteiger partial charge in [-0.1, -0.05) is 20.8 Å². The van der Waals surface area contributed by atoms with E-state index in [2.05, 4.69) is 25.8 Å². The summed E-state index contributed by atoms with van der Waals surface area (Å²) in [4.78, 5) is 4.24. The van der Waals surface area contributed by atoms with E-state index in [4.69, 9.17) is 5.73 Å². The van der Waals surface area contributed by atoms with Crippen LogP contribution < -0.4 is 5.73 Å². The average Bonchev–Trinajstić information content (AvgIpc) is 1.82. The highest BCUT2D eigenvalue weighted by atomic mass is 14.7. The van der Waals surface area contributed by atoms with Crippen molar-refractivity contribution in [3.05, 3.63) is 24.0 Å². The number of anilines is 1. The lowest BCUT2D eigenvalue weighted by atomic mass is 9.90. The van der Waals surface area contributed by atoms with Gasteiger partial charge in [0.25, 0.3) is 0 Å². The van der Waals surface area contributed by atoms with Gasteiger partial charge in [-0.15, -0.1) is 0 Å². The molecule has 0 aromatic carbocycles. The number of rotatable bonds is 1. The topological polar surface area (TPSA) is 38.9 Å². The number of pyridine rings is 1. The van der Waals surface area contributed by atoms with Crippen LogP contribution in [0.3, 0.4) is 0 Å². The van der Waals surface area contributed by atoms with E-state index in [1.807, 2.05) is 12.1 Å². The molecular weight excluding hydrogens is 148 g/mol. The molecule has 0 atom stereocenters. The van der Waals surface area contributed by atoms with E-state index >= 15 is 0 Å². The van der Waals surface area contributed by atoms with Crippen molar-refractivity contribution in [2.45, 2.75) is 27.2 Å². The third-order valence-corrected chi connectivity index (χ3v) is 1.55. The van der Waals surface area contributed by atoms with Gasteiger partial charge < -0.3 is 5.73 Å². The average molecular weight is 164 g/mol. The number of hydrogen-bond acceptors (Lipinski definition) is 2. The zero-order valence-electron chi connectivity index (χ0n) is 7.96. The van der Waals surface area contributed by atoms with Crippen LogP contribution in [-0.4, -0.2) is 4.98 Å². The first kappa shape index (κ1) is 9.04. The van der Waals surface area contributed by atoms with E-state index in [9.17, 15) is 0 Å². The minimum atomic E-state index is 0.279. The number of nitrogens with two attached hydrogens (primary N) is 1. The molecule has 2 N–H and O–H groups in total. The highest BCUT2D eigenvalue weighted by Gasteiger charge is 2.11. The molecule has 1 rings (SSSR count). The lowest BCUT2D eigenvalue weighted by Gasteiger charge is -2.17. The molecule has 2 nitrogen and oxygen atoms in total. The summed E-state index contributed by atoms with van der Waals surface area (Å²) >= 11 is 0. The number of nitrogen functional groups attached to an aromatic ring is 1. The molecule has 0 bridgehead atoms. The van der Waals surface area contributed by atoms with Crippen molar-refractivity contribution in [3.63, 3.8) is 0 Å². The lowest BCUT2D eigenvalue weighted by Crippen LogP contribution is -2.10. The molecular formula is C10H16N2. The van der Waals surface area contributed by atoms with Crippen LogP contribution in [0.15, 0.2) is 18.3 Å². The largest absolute Gasteiger partial charge is 0.399 e. The third-order valence-electron chi connectivity index (χ3n) is 1.55. The molecule has 1 aromatic rings. The predicted molar refractivity (Wildman–Crippen MR) is 51.8 cm³/mol. The molecule has 2 heteroatoms. The molecule has 0 saturated carbocycles. The second kappa shape index (κ2) is 3.13. The standard InChI is InChI=1S/C10H16N2/c1-10(2,3)7-9-6-8(11)4-5-12-9/h4-6H,7H2,1-3H3,(H2,11,12). The minimum absolute atomic E-state index is 0.279. The van der Waals surface area contributed by atoms with Crippen LogP contribution in [-0.2, 0) is 6.42 Å². The molecule has 0 saturated heterocycles. The van der Waals surface area contributed by atoms with Gasteiger partial charge >= 0.3 is 0 Å². The fourth-order valence-corrected chi connectivity index (χ4v) is 1.14. The van der Waals surface area contributed by atoms with Crippen molar-refractivity contribution in [1.82, 2.24) is 4.98 Å². The second-order valence-electron chi connectivity index (χ2n) is 4.32. The summed E-state index contributed by atoms with van der Waals surface area (Å²) in [6.45, 7) is 6.58. The zero-order chi connectivity index (χ0) is 9.19. The summed E-state index contributed by atoms with van der Waals surface area (Å²) in [5.74, 6) is 0. The maximum atomic E-state index is 5.64. The number of nitrogens with zero attached hydrogens (tertiary/aromatic N) is 1. The molecule has 1 aromatic heterocycles. The van der Waals surface area contributed by atoms with Crippen LogP contribution in [0.4, 0.5) is 5.69 Å². The quantitative estimate of drug-likeness (QED) is 0.691. The molecule has 0 fully saturated rings. The van der Waals surface area contributed by atoms with Gasteiger partial charge in [0.1, 0.15) is 0 Å². The van der Waals surface area contributed by atoms with Crippen LogP contribution in [0.5, 0.6) is 0 Å². The Morgan fingerprint density at radius 3 is 2.58 bits per heavy atom. The molecule has 0 radical (unpaired) electrons. The SMILES string of the molecule is CC(C)(C)Cc1cc(N)ccn1. The fraction of sp³-hybridized carbons (Fsp3) is 0.500. The van der Waals surface area contributed by atoms with Gasteiger partial charge in [-0.3, -0.25) is 4.98 Å². The van der Waals surface area contributed by atoms with Crippen molar-refractivity contribution in [2.75, 3.05) is 5.73 Å². The second-order valence-corrected chi connectivity index (χ2v) is 4.32. The molecule has 0 aliphatic heterocycles. The summed E-state index contributed by atoms with van der Waals surface area (Å²) in [5, 5.41) is 0. The predicted octanol–water partition coefficient (Wildman–Crippen LogP) is 2.25. The van der Waals surface area contributed by atoms with E-state index in [0.29, 0.717) is 0 Å². The van der Waals surface area contributed by atoms with Crippen molar-refractivity contribution < 1.29 is 0 Å². The van der Waals surface area contributed by atoms with Gasteiger partial charge in [-0.05, 0) is 24.0 Å². The first-order valence-corrected chi connectivity index (χ1v) is 4.18. The Kier molecular flexibility index (Phi) is 2.36. The van der Waals surface area contributed by atoms with E-state index < -0.39 is 0 Å². The van der Waals surface area contributed by atoms with Gasteiger partial charge in [0.05, 0.1) is 0 Å². The highest BCUT2D eigenvalue weighted by Crippen LogP contribution is 2.19. The van der Waals surface area contributed by atoms with Crippen molar-refractivity contribution in [2.24, 2.45) is 5.41 Å². The van der Waals surface area contributed by atoms with Gasteiger partial charge in [0.2, 0.25) is 0 Å². The van der Waals surface area contributed by atoms with Gasteiger partial charge in [-0.2, -0.15) is 0 Å². The molecule has 66 valence electrons. The van der Waals surface area contributed by atoms with Crippen molar-refractivity contribution >= 4 is 5.69 Å². The van der Waals surface area contributed by atoms with E-state index in [-0.39, 0.29) is 5.41 Å². The summed E-state index contributed by atoms with van der Waals surface area (Å²) in [5.41, 5.74) is 7.78. The smallest absolute Gasteiger partial charge is 0.0429 e. The zero-order valence-corrected chi connectivity index (χ0v) is 7.96.